The third-order valence-corrected chi connectivity index (χ3v) is 8.00. The number of hydrogen-bond donors (Lipinski definition) is 2. The fourth-order valence-electron chi connectivity index (χ4n) is 5.72. The summed E-state index contributed by atoms with van der Waals surface area (Å²) in [5.74, 6) is 0.822. The molecule has 1 aliphatic heterocycles. The predicted octanol–water partition coefficient (Wildman–Crippen LogP) is 4.41. The Bertz CT molecular complexity index is 1210. The van der Waals surface area contributed by atoms with Crippen LogP contribution in [-0.2, 0) is 9.53 Å². The van der Waals surface area contributed by atoms with Gasteiger partial charge in [0.15, 0.2) is 5.82 Å². The minimum atomic E-state index is -0.843. The maximum absolute atomic E-state index is 13.7. The van der Waals surface area contributed by atoms with Crippen LogP contribution in [-0.4, -0.2) is 50.4 Å². The van der Waals surface area contributed by atoms with E-state index in [1.165, 1.54) is 10.3 Å². The van der Waals surface area contributed by atoms with Crippen LogP contribution >= 0.6 is 0 Å². The third-order valence-electron chi connectivity index (χ3n) is 8.00. The minimum absolute atomic E-state index is 0.00631. The Balaban J connectivity index is 1.15. The van der Waals surface area contributed by atoms with E-state index in [1.807, 2.05) is 30.3 Å². The van der Waals surface area contributed by atoms with Gasteiger partial charge in [0.05, 0.1) is 24.6 Å². The van der Waals surface area contributed by atoms with Crippen molar-refractivity contribution < 1.29 is 14.3 Å². The van der Waals surface area contributed by atoms with E-state index in [0.717, 1.165) is 50.5 Å². The van der Waals surface area contributed by atoms with Gasteiger partial charge in [0.1, 0.15) is 5.60 Å². The van der Waals surface area contributed by atoms with Crippen molar-refractivity contribution in [1.82, 2.24) is 20.1 Å². The normalized spacial score (nSPS) is 23.8. The van der Waals surface area contributed by atoms with Crippen molar-refractivity contribution in [2.24, 2.45) is 0 Å². The maximum Gasteiger partial charge on any atom is 0.252 e. The number of rotatable bonds is 7. The van der Waals surface area contributed by atoms with Crippen molar-refractivity contribution >= 4 is 17.8 Å². The molecule has 0 spiro atoms. The molecule has 6 rings (SSSR count). The highest BCUT2D eigenvalue weighted by atomic mass is 16.5. The highest BCUT2D eigenvalue weighted by Crippen LogP contribution is 2.46. The third kappa shape index (κ3) is 4.39. The molecule has 8 heteroatoms. The Morgan fingerprint density at radius 3 is 2.67 bits per heavy atom. The van der Waals surface area contributed by atoms with Crippen LogP contribution in [0.15, 0.2) is 54.1 Å². The summed E-state index contributed by atoms with van der Waals surface area (Å²) in [6.07, 6.45) is 15.2. The first-order valence-electron chi connectivity index (χ1n) is 13.2. The molecule has 2 saturated carbocycles. The molecule has 1 atom stereocenters. The van der Waals surface area contributed by atoms with Gasteiger partial charge in [-0.3, -0.25) is 9.59 Å². The Morgan fingerprint density at radius 1 is 1.14 bits per heavy atom. The average molecular weight is 488 g/mol. The van der Waals surface area contributed by atoms with Crippen molar-refractivity contribution in [3.8, 4) is 11.4 Å². The lowest BCUT2D eigenvalue weighted by atomic mass is 9.83. The molecule has 2 aromatic rings. The van der Waals surface area contributed by atoms with Gasteiger partial charge in [-0.1, -0.05) is 67.8 Å². The average Bonchev–Trinajstić information content (AvgIpc) is 3.57. The van der Waals surface area contributed by atoms with E-state index < -0.39 is 5.60 Å². The minimum Gasteiger partial charge on any atom is -0.363 e. The second kappa shape index (κ2) is 9.32. The first kappa shape index (κ1) is 23.2. The number of hydrogen-bond acceptors (Lipinski definition) is 6. The molecular weight excluding hydrogens is 454 g/mol. The fraction of sp³-hybridized carbons (Fsp3) is 0.500. The van der Waals surface area contributed by atoms with Crippen LogP contribution in [0.3, 0.4) is 0 Å². The summed E-state index contributed by atoms with van der Waals surface area (Å²) < 4.78 is 7.81. The van der Waals surface area contributed by atoms with Gasteiger partial charge in [0, 0.05) is 5.56 Å². The molecule has 0 saturated heterocycles. The Morgan fingerprint density at radius 2 is 1.94 bits per heavy atom. The number of anilines is 1. The monoisotopic (exact) mass is 487 g/mol. The maximum atomic E-state index is 13.7. The molecular formula is C28H33N5O3. The van der Waals surface area contributed by atoms with E-state index in [9.17, 15) is 9.59 Å². The largest absolute Gasteiger partial charge is 0.363 e. The SMILES string of the molecule is O=C1CC(COC2(C(=O)NC3(C4=CC=CCC4)CC3)CCCCC2)Nc2nc(-c3ccccc3)nn21. The Labute approximate surface area is 211 Å². The number of nitrogens with one attached hydrogen (secondary N) is 2. The van der Waals surface area contributed by atoms with E-state index in [-0.39, 0.29) is 36.4 Å². The molecule has 1 aromatic carbocycles. The zero-order valence-corrected chi connectivity index (χ0v) is 20.5. The zero-order chi connectivity index (χ0) is 24.6. The highest BCUT2D eigenvalue weighted by Gasteiger charge is 2.51. The van der Waals surface area contributed by atoms with Crippen LogP contribution in [0, 0.1) is 0 Å². The number of benzene rings is 1. The number of aromatic nitrogens is 3. The van der Waals surface area contributed by atoms with Crippen molar-refractivity contribution in [2.45, 2.75) is 81.4 Å². The first-order valence-corrected chi connectivity index (χ1v) is 13.2. The van der Waals surface area contributed by atoms with E-state index >= 15 is 0 Å². The van der Waals surface area contributed by atoms with Gasteiger partial charge in [0.2, 0.25) is 5.95 Å². The van der Waals surface area contributed by atoms with Crippen LogP contribution < -0.4 is 10.6 Å². The van der Waals surface area contributed by atoms with Crippen LogP contribution in [0.25, 0.3) is 11.4 Å². The summed E-state index contributed by atoms with van der Waals surface area (Å²) in [6, 6.07) is 9.35. The molecule has 188 valence electrons. The summed E-state index contributed by atoms with van der Waals surface area (Å²) in [5, 5.41) is 11.1. The van der Waals surface area contributed by atoms with Gasteiger partial charge in [-0.2, -0.15) is 9.67 Å². The molecule has 0 radical (unpaired) electrons. The van der Waals surface area contributed by atoms with Gasteiger partial charge in [-0.15, -0.1) is 5.10 Å². The molecule has 2 N–H and O–H groups in total. The fourth-order valence-corrected chi connectivity index (χ4v) is 5.72. The number of carbonyl (C=O) groups excluding carboxylic acids is 2. The van der Waals surface area contributed by atoms with Crippen molar-refractivity contribution in [1.29, 1.82) is 0 Å². The molecule has 1 aromatic heterocycles. The summed E-state index contributed by atoms with van der Waals surface area (Å²) >= 11 is 0. The lowest BCUT2D eigenvalue weighted by Gasteiger charge is -2.39. The molecule has 36 heavy (non-hydrogen) atoms. The van der Waals surface area contributed by atoms with Crippen LogP contribution in [0.1, 0.15) is 69.0 Å². The topological polar surface area (TPSA) is 98.1 Å². The van der Waals surface area contributed by atoms with Crippen molar-refractivity contribution in [2.75, 3.05) is 11.9 Å². The van der Waals surface area contributed by atoms with Crippen LogP contribution in [0.2, 0.25) is 0 Å². The summed E-state index contributed by atoms with van der Waals surface area (Å²) in [5.41, 5.74) is 1.15. The molecule has 0 bridgehead atoms. The number of ether oxygens (including phenoxy) is 1. The second-order valence-corrected chi connectivity index (χ2v) is 10.5. The van der Waals surface area contributed by atoms with Crippen molar-refractivity contribution in [3.63, 3.8) is 0 Å². The van der Waals surface area contributed by atoms with Crippen LogP contribution in [0.4, 0.5) is 5.95 Å². The number of allylic oxidation sites excluding steroid dienone is 3. The summed E-state index contributed by atoms with van der Waals surface area (Å²) in [6.45, 7) is 0.269. The van der Waals surface area contributed by atoms with E-state index in [2.05, 4.69) is 38.9 Å². The first-order chi connectivity index (χ1) is 17.6. The molecule has 1 unspecified atom stereocenters. The smallest absolute Gasteiger partial charge is 0.252 e. The lowest BCUT2D eigenvalue weighted by molar-refractivity contribution is -0.153. The number of fused-ring (bicyclic) bond motifs is 1. The number of carbonyl (C=O) groups is 2. The van der Waals surface area contributed by atoms with Gasteiger partial charge in [-0.25, -0.2) is 0 Å². The summed E-state index contributed by atoms with van der Waals surface area (Å²) in [4.78, 5) is 31.1. The van der Waals surface area contributed by atoms with Gasteiger partial charge >= 0.3 is 0 Å². The van der Waals surface area contributed by atoms with Gasteiger partial charge in [-0.05, 0) is 44.1 Å². The van der Waals surface area contributed by atoms with E-state index in [4.69, 9.17) is 4.74 Å². The Kier molecular flexibility index (Phi) is 5.99. The standard InChI is InChI=1S/C28H33N5O3/c34-23-18-22(29-26-30-24(32-33(23)26)20-10-4-1-5-11-20)19-36-28(14-8-3-9-15-28)25(35)31-27(16-17-27)21-12-6-2-7-13-21/h1-2,4-6,10-12,22H,3,7-9,13-19H2,(H,31,35)(H,29,30,32). The molecule has 2 heterocycles. The predicted molar refractivity (Wildman–Crippen MR) is 136 cm³/mol. The van der Waals surface area contributed by atoms with E-state index in [0.29, 0.717) is 24.6 Å². The molecule has 4 aliphatic rings. The molecule has 3 aliphatic carbocycles. The van der Waals surface area contributed by atoms with Gasteiger partial charge < -0.3 is 15.4 Å². The molecule has 2 fully saturated rings. The molecule has 1 amide bonds. The van der Waals surface area contributed by atoms with Crippen LogP contribution in [0.5, 0.6) is 0 Å². The lowest BCUT2D eigenvalue weighted by Crippen LogP contribution is -2.55. The van der Waals surface area contributed by atoms with E-state index in [1.54, 1.807) is 0 Å². The van der Waals surface area contributed by atoms with Gasteiger partial charge in [0.25, 0.3) is 11.8 Å². The summed E-state index contributed by atoms with van der Waals surface area (Å²) in [7, 11) is 0. The highest BCUT2D eigenvalue weighted by molar-refractivity contribution is 5.87. The quantitative estimate of drug-likeness (QED) is 0.600. The van der Waals surface area contributed by atoms with Crippen molar-refractivity contribution in [3.05, 3.63) is 54.1 Å². The number of nitrogens with zero attached hydrogens (tertiary/aromatic N) is 3. The number of amides is 1. The molecule has 8 nitrogen and oxygen atoms in total. The zero-order valence-electron chi connectivity index (χ0n) is 20.5. The Hall–Kier alpha value is -3.26. The second-order valence-electron chi connectivity index (χ2n) is 10.5.